The van der Waals surface area contributed by atoms with Crippen LogP contribution in [0.1, 0.15) is 5.01 Å². The van der Waals surface area contributed by atoms with Crippen LogP contribution in [-0.4, -0.2) is 22.1 Å². The van der Waals surface area contributed by atoms with Crippen molar-refractivity contribution in [3.63, 3.8) is 0 Å². The van der Waals surface area contributed by atoms with Crippen molar-refractivity contribution in [1.29, 1.82) is 0 Å². The fourth-order valence-corrected chi connectivity index (χ4v) is 3.29. The standard InChI is InChI=1S/C14H11ClN2O2S/c15-9-2-1-7-5-12-11(4-8(7)3-9)17-13(20-12)6-10(16)14(18)19/h1-5,10H,6,16H2,(H,18,19)/t10-/m1/s1. The van der Waals surface area contributed by atoms with E-state index in [1.807, 2.05) is 30.3 Å². The van der Waals surface area contributed by atoms with Crippen LogP contribution >= 0.6 is 22.9 Å². The van der Waals surface area contributed by atoms with Gasteiger partial charge in [-0.05, 0) is 35.0 Å². The van der Waals surface area contributed by atoms with Gasteiger partial charge >= 0.3 is 5.97 Å². The predicted molar refractivity (Wildman–Crippen MR) is 81.5 cm³/mol. The van der Waals surface area contributed by atoms with Crippen LogP contribution in [0, 0.1) is 0 Å². The van der Waals surface area contributed by atoms with Crippen LogP contribution in [0.4, 0.5) is 0 Å². The number of aromatic nitrogens is 1. The second-order valence-electron chi connectivity index (χ2n) is 4.57. The Balaban J connectivity index is 2.06. The summed E-state index contributed by atoms with van der Waals surface area (Å²) in [6, 6.07) is 8.77. The molecule has 3 N–H and O–H groups in total. The van der Waals surface area contributed by atoms with Gasteiger partial charge in [-0.25, -0.2) is 4.98 Å². The summed E-state index contributed by atoms with van der Waals surface area (Å²) < 4.78 is 1.02. The molecule has 3 aromatic rings. The van der Waals surface area contributed by atoms with Gasteiger partial charge in [-0.15, -0.1) is 11.3 Å². The lowest BCUT2D eigenvalue weighted by Gasteiger charge is -2.01. The van der Waals surface area contributed by atoms with Crippen molar-refractivity contribution in [3.8, 4) is 0 Å². The summed E-state index contributed by atoms with van der Waals surface area (Å²) in [6.07, 6.45) is 0.242. The van der Waals surface area contributed by atoms with Gasteiger partial charge in [-0.3, -0.25) is 4.79 Å². The maximum Gasteiger partial charge on any atom is 0.320 e. The van der Waals surface area contributed by atoms with Gasteiger partial charge in [0.15, 0.2) is 0 Å². The maximum atomic E-state index is 10.8. The number of nitrogens with zero attached hydrogens (tertiary/aromatic N) is 1. The molecule has 20 heavy (non-hydrogen) atoms. The van der Waals surface area contributed by atoms with Crippen LogP contribution < -0.4 is 5.73 Å². The maximum absolute atomic E-state index is 10.8. The lowest BCUT2D eigenvalue weighted by molar-refractivity contribution is -0.138. The molecule has 2 aromatic carbocycles. The molecular formula is C14H11ClN2O2S. The highest BCUT2D eigenvalue weighted by Gasteiger charge is 2.15. The van der Waals surface area contributed by atoms with E-state index in [0.717, 1.165) is 26.0 Å². The van der Waals surface area contributed by atoms with E-state index in [9.17, 15) is 4.79 Å². The Morgan fingerprint density at radius 1 is 1.35 bits per heavy atom. The van der Waals surface area contributed by atoms with E-state index in [1.54, 1.807) is 0 Å². The number of fused-ring (bicyclic) bond motifs is 2. The van der Waals surface area contributed by atoms with Crippen LogP contribution in [0.15, 0.2) is 30.3 Å². The van der Waals surface area contributed by atoms with E-state index in [1.165, 1.54) is 11.3 Å². The third-order valence-electron chi connectivity index (χ3n) is 3.06. The molecule has 0 aliphatic heterocycles. The van der Waals surface area contributed by atoms with E-state index in [4.69, 9.17) is 22.4 Å². The van der Waals surface area contributed by atoms with Crippen molar-refractivity contribution in [2.45, 2.75) is 12.5 Å². The highest BCUT2D eigenvalue weighted by Crippen LogP contribution is 2.29. The van der Waals surface area contributed by atoms with Gasteiger partial charge in [0.05, 0.1) is 15.2 Å². The average molecular weight is 307 g/mol. The largest absolute Gasteiger partial charge is 0.480 e. The first-order valence-electron chi connectivity index (χ1n) is 6.00. The molecule has 0 radical (unpaired) electrons. The highest BCUT2D eigenvalue weighted by atomic mass is 35.5. The molecule has 6 heteroatoms. The monoisotopic (exact) mass is 306 g/mol. The number of carbonyl (C=O) groups is 1. The Morgan fingerprint density at radius 3 is 2.90 bits per heavy atom. The molecule has 0 fully saturated rings. The number of thiazole rings is 1. The zero-order chi connectivity index (χ0) is 14.3. The molecule has 0 saturated heterocycles. The zero-order valence-corrected chi connectivity index (χ0v) is 11.9. The molecule has 3 rings (SSSR count). The molecule has 4 nitrogen and oxygen atoms in total. The molecule has 0 amide bonds. The number of hydrogen-bond donors (Lipinski definition) is 2. The number of halogens is 1. The summed E-state index contributed by atoms with van der Waals surface area (Å²) in [4.78, 5) is 15.2. The van der Waals surface area contributed by atoms with E-state index in [0.29, 0.717) is 5.02 Å². The Morgan fingerprint density at radius 2 is 2.15 bits per heavy atom. The number of rotatable bonds is 3. The molecule has 0 spiro atoms. The van der Waals surface area contributed by atoms with Crippen LogP contribution in [0.25, 0.3) is 21.0 Å². The molecule has 1 atom stereocenters. The molecule has 102 valence electrons. The van der Waals surface area contributed by atoms with Gasteiger partial charge in [0.2, 0.25) is 0 Å². The Hall–Kier alpha value is -1.69. The van der Waals surface area contributed by atoms with Crippen LogP contribution in [0.5, 0.6) is 0 Å². The van der Waals surface area contributed by atoms with Crippen molar-refractivity contribution in [2.24, 2.45) is 5.73 Å². The Bertz CT molecular complexity index is 815. The Kier molecular flexibility index (Phi) is 3.33. The van der Waals surface area contributed by atoms with Crippen LogP contribution in [-0.2, 0) is 11.2 Å². The summed E-state index contributed by atoms with van der Waals surface area (Å²) in [7, 11) is 0. The molecule has 0 saturated carbocycles. The van der Waals surface area contributed by atoms with Crippen molar-refractivity contribution in [3.05, 3.63) is 40.4 Å². The molecule has 0 aliphatic rings. The van der Waals surface area contributed by atoms with Gasteiger partial charge in [0, 0.05) is 11.4 Å². The number of hydrogen-bond acceptors (Lipinski definition) is 4. The number of nitrogens with two attached hydrogens (primary N) is 1. The minimum absolute atomic E-state index is 0.242. The van der Waals surface area contributed by atoms with Gasteiger partial charge in [0.1, 0.15) is 6.04 Å². The molecule has 0 unspecified atom stereocenters. The fourth-order valence-electron chi connectivity index (χ4n) is 2.05. The lowest BCUT2D eigenvalue weighted by atomic mass is 10.1. The van der Waals surface area contributed by atoms with Crippen molar-refractivity contribution >= 4 is 49.9 Å². The molecule has 0 bridgehead atoms. The van der Waals surface area contributed by atoms with Gasteiger partial charge in [-0.1, -0.05) is 17.7 Å². The van der Waals surface area contributed by atoms with Crippen LogP contribution in [0.3, 0.4) is 0 Å². The van der Waals surface area contributed by atoms with Crippen molar-refractivity contribution < 1.29 is 9.90 Å². The topological polar surface area (TPSA) is 76.2 Å². The average Bonchev–Trinajstić information content (AvgIpc) is 2.76. The molecule has 1 heterocycles. The number of carboxylic acid groups (broad SMARTS) is 1. The van der Waals surface area contributed by atoms with E-state index in [-0.39, 0.29) is 6.42 Å². The summed E-state index contributed by atoms with van der Waals surface area (Å²) in [5, 5.41) is 12.4. The van der Waals surface area contributed by atoms with E-state index in [2.05, 4.69) is 4.98 Å². The molecule has 0 aliphatic carbocycles. The first-order chi connectivity index (χ1) is 9.52. The number of aliphatic carboxylic acids is 1. The number of carboxylic acids is 1. The van der Waals surface area contributed by atoms with Crippen molar-refractivity contribution in [1.82, 2.24) is 4.98 Å². The fraction of sp³-hybridized carbons (Fsp3) is 0.143. The van der Waals surface area contributed by atoms with Gasteiger partial charge < -0.3 is 10.8 Å². The van der Waals surface area contributed by atoms with Gasteiger partial charge in [0.25, 0.3) is 0 Å². The summed E-state index contributed by atoms with van der Waals surface area (Å²) in [6.45, 7) is 0. The minimum Gasteiger partial charge on any atom is -0.480 e. The number of benzene rings is 2. The third-order valence-corrected chi connectivity index (χ3v) is 4.34. The SMILES string of the molecule is N[C@H](Cc1nc2cc3cc(Cl)ccc3cc2s1)C(=O)O. The van der Waals surface area contributed by atoms with Gasteiger partial charge in [-0.2, -0.15) is 0 Å². The first kappa shape index (κ1) is 13.3. The predicted octanol–water partition coefficient (Wildman–Crippen LogP) is 3.06. The highest BCUT2D eigenvalue weighted by molar-refractivity contribution is 7.18. The molecule has 1 aromatic heterocycles. The summed E-state index contributed by atoms with van der Waals surface area (Å²) in [5.74, 6) is -1.01. The Labute approximate surface area is 123 Å². The summed E-state index contributed by atoms with van der Waals surface area (Å²) >= 11 is 7.45. The lowest BCUT2D eigenvalue weighted by Crippen LogP contribution is -2.32. The van der Waals surface area contributed by atoms with E-state index < -0.39 is 12.0 Å². The van der Waals surface area contributed by atoms with Crippen molar-refractivity contribution in [2.75, 3.05) is 0 Å². The second-order valence-corrected chi connectivity index (χ2v) is 6.12. The smallest absolute Gasteiger partial charge is 0.320 e. The second kappa shape index (κ2) is 5.01. The minimum atomic E-state index is -1.01. The zero-order valence-electron chi connectivity index (χ0n) is 10.3. The molecular weight excluding hydrogens is 296 g/mol. The summed E-state index contributed by atoms with van der Waals surface area (Å²) in [5.41, 5.74) is 6.38. The van der Waals surface area contributed by atoms with Crippen LogP contribution in [0.2, 0.25) is 5.02 Å². The first-order valence-corrected chi connectivity index (χ1v) is 7.19. The normalized spacial score (nSPS) is 12.9. The van der Waals surface area contributed by atoms with E-state index >= 15 is 0 Å². The quantitative estimate of drug-likeness (QED) is 0.779. The third kappa shape index (κ3) is 2.47.